The van der Waals surface area contributed by atoms with Crippen LogP contribution in [-0.4, -0.2) is 32.1 Å². The van der Waals surface area contributed by atoms with Crippen LogP contribution >= 0.6 is 15.9 Å². The Labute approximate surface area is 154 Å². The van der Waals surface area contributed by atoms with Gasteiger partial charge in [-0.2, -0.15) is 0 Å². The Morgan fingerprint density at radius 2 is 1.50 bits per heavy atom. The number of halogens is 1. The Morgan fingerprint density at radius 3 is 1.96 bits per heavy atom. The van der Waals surface area contributed by atoms with E-state index in [1.54, 1.807) is 18.2 Å². The lowest BCUT2D eigenvalue weighted by molar-refractivity contribution is -0.186. The molecule has 0 aliphatic rings. The first-order chi connectivity index (χ1) is 11.0. The topological polar surface area (TPSA) is 44.8 Å². The molecule has 1 aromatic rings. The van der Waals surface area contributed by atoms with Crippen LogP contribution in [0.3, 0.4) is 0 Å². The summed E-state index contributed by atoms with van der Waals surface area (Å²) in [5.74, 6) is -0.397. The van der Waals surface area contributed by atoms with Crippen molar-refractivity contribution in [3.8, 4) is 0 Å². The highest BCUT2D eigenvalue weighted by atomic mass is 79.9. The number of carbonyl (C=O) groups is 1. The second kappa shape index (κ2) is 8.97. The third-order valence-corrected chi connectivity index (χ3v) is 3.54. The van der Waals surface area contributed by atoms with Crippen molar-refractivity contribution in [2.45, 2.75) is 47.8 Å². The standard InChI is InChI=1S/C19H29BrO4/c1-18(2,3)12-23-16(24-13-19(4,5)6)11-22-17(21)14-9-7-8-10-15(14)20/h7-10,16H,11-13H2,1-6H3. The van der Waals surface area contributed by atoms with E-state index in [9.17, 15) is 4.79 Å². The van der Waals surface area contributed by atoms with E-state index in [0.717, 1.165) is 0 Å². The maximum Gasteiger partial charge on any atom is 0.339 e. The SMILES string of the molecule is CC(C)(C)COC(COC(=O)c1ccccc1Br)OCC(C)(C)C. The fraction of sp³-hybridized carbons (Fsp3) is 0.632. The van der Waals surface area contributed by atoms with Crippen LogP contribution in [0.25, 0.3) is 0 Å². The van der Waals surface area contributed by atoms with Crippen LogP contribution in [0.5, 0.6) is 0 Å². The van der Waals surface area contributed by atoms with Crippen molar-refractivity contribution in [2.24, 2.45) is 10.8 Å². The van der Waals surface area contributed by atoms with E-state index in [1.807, 2.05) is 6.07 Å². The monoisotopic (exact) mass is 400 g/mol. The molecule has 0 aliphatic carbocycles. The molecule has 136 valence electrons. The molecule has 0 amide bonds. The van der Waals surface area contributed by atoms with Gasteiger partial charge in [0.25, 0.3) is 0 Å². The Morgan fingerprint density at radius 1 is 1.00 bits per heavy atom. The van der Waals surface area contributed by atoms with Crippen molar-refractivity contribution >= 4 is 21.9 Å². The first-order valence-corrected chi connectivity index (χ1v) is 8.92. The highest BCUT2D eigenvalue weighted by Gasteiger charge is 2.21. The van der Waals surface area contributed by atoms with E-state index in [-0.39, 0.29) is 17.4 Å². The predicted molar refractivity (Wildman–Crippen MR) is 99.0 cm³/mol. The van der Waals surface area contributed by atoms with Gasteiger partial charge in [0.15, 0.2) is 6.29 Å². The Kier molecular flexibility index (Phi) is 7.90. The summed E-state index contributed by atoms with van der Waals surface area (Å²) in [5, 5.41) is 0. The lowest BCUT2D eigenvalue weighted by Gasteiger charge is -2.27. The summed E-state index contributed by atoms with van der Waals surface area (Å²) in [6.07, 6.45) is -0.574. The van der Waals surface area contributed by atoms with Crippen molar-refractivity contribution in [1.29, 1.82) is 0 Å². The molecule has 0 bridgehead atoms. The van der Waals surface area contributed by atoms with Crippen LogP contribution in [0, 0.1) is 10.8 Å². The van der Waals surface area contributed by atoms with Crippen LogP contribution in [0.2, 0.25) is 0 Å². The van der Waals surface area contributed by atoms with E-state index in [0.29, 0.717) is 23.2 Å². The van der Waals surface area contributed by atoms with E-state index in [1.165, 1.54) is 0 Å². The average Bonchev–Trinajstić information content (AvgIpc) is 2.44. The zero-order valence-corrected chi connectivity index (χ0v) is 17.1. The molecule has 0 unspecified atom stereocenters. The normalized spacial score (nSPS) is 12.5. The van der Waals surface area contributed by atoms with Gasteiger partial charge in [-0.15, -0.1) is 0 Å². The third-order valence-electron chi connectivity index (χ3n) is 2.85. The molecule has 1 rings (SSSR count). The van der Waals surface area contributed by atoms with Crippen LogP contribution in [0.4, 0.5) is 0 Å². The van der Waals surface area contributed by atoms with Gasteiger partial charge in [-0.1, -0.05) is 53.7 Å². The molecule has 0 saturated carbocycles. The van der Waals surface area contributed by atoms with Gasteiger partial charge in [0.05, 0.1) is 18.8 Å². The molecule has 0 heterocycles. The summed E-state index contributed by atoms with van der Waals surface area (Å²) < 4.78 is 17.7. The molecular formula is C19H29BrO4. The van der Waals surface area contributed by atoms with Crippen LogP contribution < -0.4 is 0 Å². The Balaban J connectivity index is 2.63. The van der Waals surface area contributed by atoms with E-state index in [2.05, 4.69) is 57.5 Å². The third kappa shape index (κ3) is 8.81. The summed E-state index contributed by atoms with van der Waals surface area (Å²) in [4.78, 5) is 12.2. The molecule has 4 nitrogen and oxygen atoms in total. The van der Waals surface area contributed by atoms with Gasteiger partial charge in [-0.05, 0) is 38.9 Å². The van der Waals surface area contributed by atoms with Gasteiger partial charge in [-0.3, -0.25) is 0 Å². The van der Waals surface area contributed by atoms with Gasteiger partial charge in [0.1, 0.15) is 6.61 Å². The lowest BCUT2D eigenvalue weighted by atomic mass is 9.98. The smallest absolute Gasteiger partial charge is 0.339 e. The van der Waals surface area contributed by atoms with E-state index < -0.39 is 12.3 Å². The van der Waals surface area contributed by atoms with Crippen molar-refractivity contribution in [2.75, 3.05) is 19.8 Å². The minimum Gasteiger partial charge on any atom is -0.457 e. The van der Waals surface area contributed by atoms with Gasteiger partial charge in [0, 0.05) is 4.47 Å². The Bertz CT molecular complexity index is 511. The van der Waals surface area contributed by atoms with Crippen molar-refractivity contribution in [3.63, 3.8) is 0 Å². The van der Waals surface area contributed by atoms with Gasteiger partial charge < -0.3 is 14.2 Å². The fourth-order valence-electron chi connectivity index (χ4n) is 1.68. The molecular weight excluding hydrogens is 372 g/mol. The summed E-state index contributed by atoms with van der Waals surface area (Å²) in [6.45, 7) is 13.6. The second-order valence-corrected chi connectivity index (χ2v) is 9.11. The first-order valence-electron chi connectivity index (χ1n) is 8.13. The number of rotatable bonds is 7. The maximum absolute atomic E-state index is 12.2. The first kappa shape index (κ1) is 21.1. The zero-order chi connectivity index (χ0) is 18.4. The minimum atomic E-state index is -0.574. The van der Waals surface area contributed by atoms with Crippen molar-refractivity contribution < 1.29 is 19.0 Å². The Hall–Kier alpha value is -0.910. The van der Waals surface area contributed by atoms with Gasteiger partial charge in [0.2, 0.25) is 0 Å². The highest BCUT2D eigenvalue weighted by Crippen LogP contribution is 2.20. The summed E-state index contributed by atoms with van der Waals surface area (Å²) in [5.41, 5.74) is 0.508. The zero-order valence-electron chi connectivity index (χ0n) is 15.5. The van der Waals surface area contributed by atoms with Crippen LogP contribution in [0.15, 0.2) is 28.7 Å². The largest absolute Gasteiger partial charge is 0.457 e. The number of ether oxygens (including phenoxy) is 3. The average molecular weight is 401 g/mol. The van der Waals surface area contributed by atoms with Gasteiger partial charge in [-0.25, -0.2) is 4.79 Å². The highest BCUT2D eigenvalue weighted by molar-refractivity contribution is 9.10. The molecule has 0 saturated heterocycles. The molecule has 0 spiro atoms. The summed E-state index contributed by atoms with van der Waals surface area (Å²) >= 11 is 3.35. The molecule has 0 atom stereocenters. The molecule has 0 aliphatic heterocycles. The molecule has 0 aromatic heterocycles. The number of hydrogen-bond donors (Lipinski definition) is 0. The quantitative estimate of drug-likeness (QED) is 0.473. The molecule has 5 heteroatoms. The molecule has 24 heavy (non-hydrogen) atoms. The predicted octanol–water partition coefficient (Wildman–Crippen LogP) is 5.06. The number of carbonyl (C=O) groups excluding carboxylic acids is 1. The minimum absolute atomic E-state index is 0.00973. The van der Waals surface area contributed by atoms with E-state index >= 15 is 0 Å². The molecule has 1 aromatic carbocycles. The number of hydrogen-bond acceptors (Lipinski definition) is 4. The van der Waals surface area contributed by atoms with Gasteiger partial charge >= 0.3 is 5.97 Å². The van der Waals surface area contributed by atoms with E-state index in [4.69, 9.17) is 14.2 Å². The van der Waals surface area contributed by atoms with Crippen molar-refractivity contribution in [1.82, 2.24) is 0 Å². The number of esters is 1. The van der Waals surface area contributed by atoms with Crippen molar-refractivity contribution in [3.05, 3.63) is 34.3 Å². The molecule has 0 radical (unpaired) electrons. The summed E-state index contributed by atoms with van der Waals surface area (Å²) in [7, 11) is 0. The lowest BCUT2D eigenvalue weighted by Crippen LogP contribution is -2.32. The maximum atomic E-state index is 12.2. The summed E-state index contributed by atoms with van der Waals surface area (Å²) in [6, 6.07) is 7.17. The second-order valence-electron chi connectivity index (χ2n) is 8.25. The van der Waals surface area contributed by atoms with Crippen LogP contribution in [0.1, 0.15) is 51.9 Å². The number of benzene rings is 1. The fourth-order valence-corrected chi connectivity index (χ4v) is 2.13. The molecule has 0 N–H and O–H groups in total. The molecule has 0 fully saturated rings. The van der Waals surface area contributed by atoms with Crippen LogP contribution in [-0.2, 0) is 14.2 Å².